The first kappa shape index (κ1) is 20.8. The number of ether oxygens (including phenoxy) is 1. The van der Waals surface area contributed by atoms with E-state index in [0.29, 0.717) is 13.2 Å². The van der Waals surface area contributed by atoms with Crippen LogP contribution in [0.2, 0.25) is 0 Å². The Balaban J connectivity index is 1.45. The van der Waals surface area contributed by atoms with Crippen LogP contribution in [0.25, 0.3) is 0 Å². The Morgan fingerprint density at radius 2 is 2.03 bits per heavy atom. The number of carbonyl (C=O) groups excluding carboxylic acids is 1. The van der Waals surface area contributed by atoms with Crippen molar-refractivity contribution in [1.29, 1.82) is 0 Å². The molecule has 0 unspecified atom stereocenters. The van der Waals surface area contributed by atoms with Crippen molar-refractivity contribution in [3.05, 3.63) is 41.5 Å². The first-order chi connectivity index (χ1) is 14.5. The molecule has 4 rings (SSSR count). The summed E-state index contributed by atoms with van der Waals surface area (Å²) in [5.74, 6) is 2.29. The lowest BCUT2D eigenvalue weighted by Crippen LogP contribution is -2.38. The summed E-state index contributed by atoms with van der Waals surface area (Å²) in [5, 5.41) is 21.6. The van der Waals surface area contributed by atoms with Gasteiger partial charge < -0.3 is 19.7 Å². The first-order valence-corrected chi connectivity index (χ1v) is 10.8. The molecule has 0 aliphatic carbocycles. The molecule has 1 aromatic carbocycles. The van der Waals surface area contributed by atoms with Crippen molar-refractivity contribution in [3.8, 4) is 5.75 Å². The minimum absolute atomic E-state index is 0.0473. The Bertz CT molecular complexity index is 858. The summed E-state index contributed by atoms with van der Waals surface area (Å²) in [6.45, 7) is 8.77. The van der Waals surface area contributed by atoms with Gasteiger partial charge in [-0.15, -0.1) is 10.2 Å². The molecule has 1 saturated heterocycles. The van der Waals surface area contributed by atoms with Crippen LogP contribution in [-0.2, 0) is 29.0 Å². The van der Waals surface area contributed by atoms with Gasteiger partial charge in [0.15, 0.2) is 5.82 Å². The van der Waals surface area contributed by atoms with E-state index in [1.54, 1.807) is 12.1 Å². The number of carbonyl (C=O) groups is 1. The van der Waals surface area contributed by atoms with Gasteiger partial charge in [0.1, 0.15) is 11.6 Å². The number of rotatable bonds is 6. The molecule has 3 heterocycles. The largest absolute Gasteiger partial charge is 0.508 e. The van der Waals surface area contributed by atoms with E-state index in [0.717, 1.165) is 50.7 Å². The standard InChI is InChI=1S/C22H31N5O3/c1-15(2)20(23-22(29)17-8-12-30-14-17)21-25-24-19-7-9-26(10-11-27(19)21)13-16-3-5-18(28)6-4-16/h3-6,15,17,20,28H,7-14H2,1-2H3,(H,23,29)/t17-,20-/m1/s1. The number of phenolic OH excluding ortho intramolecular Hbond substituents is 1. The maximum Gasteiger partial charge on any atom is 0.226 e. The fraction of sp³-hybridized carbons (Fsp3) is 0.591. The fourth-order valence-corrected chi connectivity index (χ4v) is 4.18. The molecule has 1 amide bonds. The number of benzene rings is 1. The Hall–Kier alpha value is -2.45. The molecule has 2 N–H and O–H groups in total. The summed E-state index contributed by atoms with van der Waals surface area (Å²) in [6, 6.07) is 7.21. The van der Waals surface area contributed by atoms with Gasteiger partial charge in [-0.2, -0.15) is 0 Å². The number of phenols is 1. The monoisotopic (exact) mass is 413 g/mol. The summed E-state index contributed by atoms with van der Waals surface area (Å²) in [7, 11) is 0. The number of nitrogens with zero attached hydrogens (tertiary/aromatic N) is 4. The smallest absolute Gasteiger partial charge is 0.226 e. The van der Waals surface area contributed by atoms with Gasteiger partial charge >= 0.3 is 0 Å². The van der Waals surface area contributed by atoms with Crippen LogP contribution >= 0.6 is 0 Å². The van der Waals surface area contributed by atoms with Crippen molar-refractivity contribution in [2.75, 3.05) is 26.3 Å². The Morgan fingerprint density at radius 1 is 1.23 bits per heavy atom. The highest BCUT2D eigenvalue weighted by atomic mass is 16.5. The van der Waals surface area contributed by atoms with Crippen LogP contribution in [-0.4, -0.2) is 57.0 Å². The SMILES string of the molecule is CC(C)[C@@H](NC(=O)[C@@H]1CCOC1)c1nnc2n1CCN(Cc1ccc(O)cc1)CC2. The predicted octanol–water partition coefficient (Wildman–Crippen LogP) is 1.89. The maximum absolute atomic E-state index is 12.7. The molecule has 2 aliphatic rings. The molecule has 1 aromatic heterocycles. The number of nitrogens with one attached hydrogen (secondary N) is 1. The quantitative estimate of drug-likeness (QED) is 0.751. The van der Waals surface area contributed by atoms with E-state index >= 15 is 0 Å². The molecule has 8 heteroatoms. The van der Waals surface area contributed by atoms with E-state index in [-0.39, 0.29) is 29.5 Å². The fourth-order valence-electron chi connectivity index (χ4n) is 4.18. The van der Waals surface area contributed by atoms with E-state index in [1.165, 1.54) is 5.56 Å². The van der Waals surface area contributed by atoms with Crippen LogP contribution < -0.4 is 5.32 Å². The van der Waals surface area contributed by atoms with Crippen molar-refractivity contribution in [3.63, 3.8) is 0 Å². The Kier molecular flexibility index (Phi) is 6.34. The van der Waals surface area contributed by atoms with Crippen LogP contribution in [0.5, 0.6) is 5.75 Å². The third kappa shape index (κ3) is 4.65. The molecule has 30 heavy (non-hydrogen) atoms. The average molecular weight is 414 g/mol. The second kappa shape index (κ2) is 9.14. The van der Waals surface area contributed by atoms with Crippen molar-refractivity contribution in [1.82, 2.24) is 25.0 Å². The number of fused-ring (bicyclic) bond motifs is 1. The van der Waals surface area contributed by atoms with Crippen molar-refractivity contribution in [2.24, 2.45) is 11.8 Å². The van der Waals surface area contributed by atoms with E-state index in [9.17, 15) is 9.90 Å². The number of hydrogen-bond acceptors (Lipinski definition) is 6. The van der Waals surface area contributed by atoms with E-state index < -0.39 is 0 Å². The molecule has 8 nitrogen and oxygen atoms in total. The van der Waals surface area contributed by atoms with Crippen LogP contribution in [0.1, 0.15) is 43.5 Å². The Morgan fingerprint density at radius 3 is 2.73 bits per heavy atom. The van der Waals surface area contributed by atoms with E-state index in [1.807, 2.05) is 12.1 Å². The normalized spacial score (nSPS) is 20.7. The zero-order valence-corrected chi connectivity index (χ0v) is 17.8. The van der Waals surface area contributed by atoms with Gasteiger partial charge in [-0.1, -0.05) is 26.0 Å². The molecule has 1 fully saturated rings. The Labute approximate surface area is 177 Å². The topological polar surface area (TPSA) is 92.5 Å². The highest BCUT2D eigenvalue weighted by molar-refractivity contribution is 5.79. The molecule has 0 spiro atoms. The third-order valence-corrected chi connectivity index (χ3v) is 6.03. The predicted molar refractivity (Wildman–Crippen MR) is 112 cm³/mol. The van der Waals surface area contributed by atoms with Gasteiger partial charge in [-0.3, -0.25) is 9.69 Å². The van der Waals surface area contributed by atoms with Gasteiger partial charge in [-0.25, -0.2) is 0 Å². The molecule has 2 aliphatic heterocycles. The molecule has 0 bridgehead atoms. The molecule has 2 aromatic rings. The number of hydrogen-bond donors (Lipinski definition) is 2. The van der Waals surface area contributed by atoms with Crippen molar-refractivity contribution in [2.45, 2.75) is 45.8 Å². The highest BCUT2D eigenvalue weighted by Gasteiger charge is 2.31. The van der Waals surface area contributed by atoms with Crippen LogP contribution in [0.4, 0.5) is 0 Å². The molecule has 0 radical (unpaired) electrons. The summed E-state index contributed by atoms with van der Waals surface area (Å²) < 4.78 is 7.56. The summed E-state index contributed by atoms with van der Waals surface area (Å²) in [4.78, 5) is 15.1. The van der Waals surface area contributed by atoms with Gasteiger partial charge in [0.25, 0.3) is 0 Å². The van der Waals surface area contributed by atoms with Gasteiger partial charge in [0.05, 0.1) is 18.6 Å². The maximum atomic E-state index is 12.7. The zero-order chi connectivity index (χ0) is 21.1. The van der Waals surface area contributed by atoms with Gasteiger partial charge in [0.2, 0.25) is 5.91 Å². The third-order valence-electron chi connectivity index (χ3n) is 6.03. The lowest BCUT2D eigenvalue weighted by molar-refractivity contribution is -0.126. The second-order valence-corrected chi connectivity index (χ2v) is 8.61. The van der Waals surface area contributed by atoms with Crippen LogP contribution in [0.15, 0.2) is 24.3 Å². The first-order valence-electron chi connectivity index (χ1n) is 10.8. The molecule has 162 valence electrons. The van der Waals surface area contributed by atoms with Crippen LogP contribution in [0.3, 0.4) is 0 Å². The highest BCUT2D eigenvalue weighted by Crippen LogP contribution is 2.24. The van der Waals surface area contributed by atoms with Gasteiger partial charge in [0, 0.05) is 39.2 Å². The number of aromatic hydroxyl groups is 1. The molecular formula is C22H31N5O3. The molecular weight excluding hydrogens is 382 g/mol. The lowest BCUT2D eigenvalue weighted by Gasteiger charge is -2.24. The molecule has 2 atom stereocenters. The van der Waals surface area contributed by atoms with Crippen LogP contribution in [0, 0.1) is 11.8 Å². The zero-order valence-electron chi connectivity index (χ0n) is 17.8. The van der Waals surface area contributed by atoms with Crippen molar-refractivity contribution >= 4 is 5.91 Å². The average Bonchev–Trinajstić information content (AvgIpc) is 3.36. The second-order valence-electron chi connectivity index (χ2n) is 8.61. The lowest BCUT2D eigenvalue weighted by atomic mass is 10.0. The van der Waals surface area contributed by atoms with E-state index in [4.69, 9.17) is 4.74 Å². The number of aromatic nitrogens is 3. The summed E-state index contributed by atoms with van der Waals surface area (Å²) in [5.41, 5.74) is 1.18. The number of amides is 1. The minimum atomic E-state index is -0.164. The molecule has 0 saturated carbocycles. The minimum Gasteiger partial charge on any atom is -0.508 e. The van der Waals surface area contributed by atoms with E-state index in [2.05, 4.69) is 38.8 Å². The summed E-state index contributed by atoms with van der Waals surface area (Å²) >= 11 is 0. The van der Waals surface area contributed by atoms with Crippen molar-refractivity contribution < 1.29 is 14.6 Å². The summed E-state index contributed by atoms with van der Waals surface area (Å²) in [6.07, 6.45) is 1.60. The van der Waals surface area contributed by atoms with Gasteiger partial charge in [-0.05, 0) is 30.0 Å².